The van der Waals surface area contributed by atoms with E-state index in [0.717, 1.165) is 11.6 Å². The van der Waals surface area contributed by atoms with Crippen LogP contribution in [0.4, 0.5) is 13.2 Å². The predicted molar refractivity (Wildman–Crippen MR) is 115 cm³/mol. The van der Waals surface area contributed by atoms with E-state index < -0.39 is 17.7 Å². The minimum absolute atomic E-state index is 0.0321. The van der Waals surface area contributed by atoms with Gasteiger partial charge in [0, 0.05) is 19.5 Å². The van der Waals surface area contributed by atoms with Gasteiger partial charge in [-0.3, -0.25) is 9.59 Å². The Morgan fingerprint density at radius 1 is 0.906 bits per heavy atom. The molecule has 0 heterocycles. The van der Waals surface area contributed by atoms with E-state index in [4.69, 9.17) is 4.74 Å². The molecule has 0 spiro atoms. The Bertz CT molecular complexity index is 964. The highest BCUT2D eigenvalue weighted by Gasteiger charge is 2.22. The van der Waals surface area contributed by atoms with Gasteiger partial charge in [0.1, 0.15) is 24.1 Å². The van der Waals surface area contributed by atoms with Crippen LogP contribution in [0.2, 0.25) is 0 Å². The van der Waals surface area contributed by atoms with Crippen LogP contribution in [0.25, 0.3) is 0 Å². The van der Waals surface area contributed by atoms with Crippen LogP contribution in [-0.4, -0.2) is 30.9 Å². The molecular weight excluding hydrogens is 419 g/mol. The van der Waals surface area contributed by atoms with E-state index in [-0.39, 0.29) is 31.2 Å². The molecule has 0 aliphatic carbocycles. The Morgan fingerprint density at radius 3 is 1.97 bits per heavy atom. The zero-order valence-electron chi connectivity index (χ0n) is 17.6. The highest BCUT2D eigenvalue weighted by atomic mass is 19.1. The van der Waals surface area contributed by atoms with Gasteiger partial charge in [0.25, 0.3) is 6.47 Å². The minimum atomic E-state index is -0.669. The van der Waals surface area contributed by atoms with Crippen molar-refractivity contribution < 1.29 is 27.5 Å². The van der Waals surface area contributed by atoms with Gasteiger partial charge in [-0.2, -0.15) is 0 Å². The number of carbonyl (C=O) groups is 2. The van der Waals surface area contributed by atoms with Gasteiger partial charge in [-0.1, -0.05) is 48.5 Å². The molecule has 0 saturated carbocycles. The third kappa shape index (κ3) is 8.26. The largest absolute Gasteiger partial charge is 0.465 e. The van der Waals surface area contributed by atoms with Crippen molar-refractivity contribution in [2.75, 3.05) is 13.7 Å². The number of hydrogen-bond donors (Lipinski definition) is 0. The highest BCUT2D eigenvalue weighted by Crippen LogP contribution is 2.21. The summed E-state index contributed by atoms with van der Waals surface area (Å²) in [5.41, 5.74) is 1.25. The molecule has 1 atom stereocenters. The maximum Gasteiger partial charge on any atom is 0.293 e. The molecular formula is C25H24F3NO3. The average molecular weight is 443 g/mol. The number of amides is 1. The number of benzene rings is 3. The molecule has 0 aromatic heterocycles. The molecule has 1 amide bonds. The predicted octanol–water partition coefficient (Wildman–Crippen LogP) is 5.10. The minimum Gasteiger partial charge on any atom is -0.465 e. The summed E-state index contributed by atoms with van der Waals surface area (Å²) in [5, 5.41) is 0. The lowest BCUT2D eigenvalue weighted by Gasteiger charge is -2.28. The summed E-state index contributed by atoms with van der Waals surface area (Å²) < 4.78 is 43.2. The molecule has 0 bridgehead atoms. The molecule has 168 valence electrons. The Morgan fingerprint density at radius 2 is 1.47 bits per heavy atom. The third-order valence-electron chi connectivity index (χ3n) is 4.65. The molecule has 3 aromatic rings. The first-order valence-corrected chi connectivity index (χ1v) is 9.92. The Balaban J connectivity index is 0.000000439. The standard InChI is InChI=1S/C19H19F2NO3.C6H5F/c1-22(18(12-25-13-23)15-5-3-2-4-6-15)19(24)8-7-14-9-16(20)11-17(21)10-14;7-6-4-2-1-3-5-6/h2-6,9-11,13,18H,7-8,12H2,1H3;1-5H. The SMILES string of the molecule is CN(C(=O)CCc1cc(F)cc(F)c1)C(COC=O)c1ccccc1.Fc1ccccc1. The number of nitrogens with zero attached hydrogens (tertiary/aromatic N) is 1. The number of carbonyl (C=O) groups excluding carboxylic acids is 2. The molecule has 0 aliphatic rings. The summed E-state index contributed by atoms with van der Waals surface area (Å²) in [5.74, 6) is -1.73. The lowest BCUT2D eigenvalue weighted by atomic mass is 10.0. The van der Waals surface area contributed by atoms with E-state index in [1.165, 1.54) is 29.2 Å². The number of rotatable bonds is 8. The summed E-state index contributed by atoms with van der Waals surface area (Å²) in [6.07, 6.45) is 0.303. The molecule has 7 heteroatoms. The van der Waals surface area contributed by atoms with Crippen molar-refractivity contribution in [1.82, 2.24) is 4.90 Å². The van der Waals surface area contributed by atoms with Gasteiger partial charge < -0.3 is 9.64 Å². The summed E-state index contributed by atoms with van der Waals surface area (Å²) in [4.78, 5) is 24.5. The zero-order chi connectivity index (χ0) is 23.3. The van der Waals surface area contributed by atoms with E-state index in [9.17, 15) is 22.8 Å². The molecule has 1 unspecified atom stereocenters. The van der Waals surface area contributed by atoms with Crippen molar-refractivity contribution in [2.24, 2.45) is 0 Å². The van der Waals surface area contributed by atoms with Gasteiger partial charge in [-0.05, 0) is 41.8 Å². The summed E-state index contributed by atoms with van der Waals surface area (Å²) in [6, 6.07) is 19.9. The molecule has 0 fully saturated rings. The lowest BCUT2D eigenvalue weighted by molar-refractivity contribution is -0.138. The van der Waals surface area contributed by atoms with Crippen molar-refractivity contribution in [3.63, 3.8) is 0 Å². The Kier molecular flexibility index (Phi) is 9.97. The van der Waals surface area contributed by atoms with Crippen molar-refractivity contribution in [2.45, 2.75) is 18.9 Å². The van der Waals surface area contributed by atoms with Gasteiger partial charge in [0.05, 0.1) is 6.04 Å². The van der Waals surface area contributed by atoms with E-state index >= 15 is 0 Å². The van der Waals surface area contributed by atoms with Crippen LogP contribution in [0, 0.1) is 17.5 Å². The van der Waals surface area contributed by atoms with Gasteiger partial charge in [-0.25, -0.2) is 13.2 Å². The van der Waals surface area contributed by atoms with Crippen LogP contribution in [0.3, 0.4) is 0 Å². The van der Waals surface area contributed by atoms with Crippen molar-refractivity contribution >= 4 is 12.4 Å². The second-order valence-electron chi connectivity index (χ2n) is 6.93. The van der Waals surface area contributed by atoms with Crippen LogP contribution >= 0.6 is 0 Å². The topological polar surface area (TPSA) is 46.6 Å². The van der Waals surface area contributed by atoms with Crippen LogP contribution in [0.5, 0.6) is 0 Å². The number of hydrogen-bond acceptors (Lipinski definition) is 3. The molecule has 0 saturated heterocycles. The van der Waals surface area contributed by atoms with Crippen molar-refractivity contribution in [1.29, 1.82) is 0 Å². The first-order valence-electron chi connectivity index (χ1n) is 9.92. The first-order chi connectivity index (χ1) is 15.4. The van der Waals surface area contributed by atoms with Crippen LogP contribution in [0.15, 0.2) is 78.9 Å². The fourth-order valence-electron chi connectivity index (χ4n) is 3.01. The fourth-order valence-corrected chi connectivity index (χ4v) is 3.01. The smallest absolute Gasteiger partial charge is 0.293 e. The fraction of sp³-hybridized carbons (Fsp3) is 0.200. The van der Waals surface area contributed by atoms with Gasteiger partial charge in [-0.15, -0.1) is 0 Å². The Labute approximate surface area is 185 Å². The summed E-state index contributed by atoms with van der Waals surface area (Å²) >= 11 is 0. The van der Waals surface area contributed by atoms with Gasteiger partial charge >= 0.3 is 0 Å². The van der Waals surface area contributed by atoms with Crippen molar-refractivity contribution in [3.05, 3.63) is 107 Å². The number of ether oxygens (including phenoxy) is 1. The van der Waals surface area contributed by atoms with Crippen LogP contribution in [0.1, 0.15) is 23.6 Å². The van der Waals surface area contributed by atoms with Crippen molar-refractivity contribution in [3.8, 4) is 0 Å². The summed E-state index contributed by atoms with van der Waals surface area (Å²) in [7, 11) is 1.61. The second kappa shape index (κ2) is 12.9. The van der Waals surface area contributed by atoms with E-state index in [1.54, 1.807) is 25.2 Å². The van der Waals surface area contributed by atoms with E-state index in [2.05, 4.69) is 0 Å². The number of halogens is 3. The average Bonchev–Trinajstić information content (AvgIpc) is 2.78. The normalized spacial score (nSPS) is 11.0. The number of likely N-dealkylation sites (N-methyl/N-ethyl adjacent to an activating group) is 1. The molecule has 3 aromatic carbocycles. The quantitative estimate of drug-likeness (QED) is 0.456. The van der Waals surface area contributed by atoms with E-state index in [1.807, 2.05) is 30.3 Å². The summed E-state index contributed by atoms with van der Waals surface area (Å²) in [6.45, 7) is 0.369. The molecule has 0 aliphatic heterocycles. The maximum atomic E-state index is 13.2. The maximum absolute atomic E-state index is 13.2. The monoisotopic (exact) mass is 443 g/mol. The number of aryl methyl sites for hydroxylation is 1. The molecule has 4 nitrogen and oxygen atoms in total. The first kappa shape index (κ1) is 24.7. The van der Waals surface area contributed by atoms with E-state index in [0.29, 0.717) is 12.0 Å². The zero-order valence-corrected chi connectivity index (χ0v) is 17.6. The molecule has 0 radical (unpaired) electrons. The second-order valence-corrected chi connectivity index (χ2v) is 6.93. The molecule has 32 heavy (non-hydrogen) atoms. The molecule has 0 N–H and O–H groups in total. The molecule has 3 rings (SSSR count). The third-order valence-corrected chi connectivity index (χ3v) is 4.65. The van der Waals surface area contributed by atoms with Crippen LogP contribution < -0.4 is 0 Å². The lowest BCUT2D eigenvalue weighted by Crippen LogP contribution is -2.34. The Hall–Kier alpha value is -3.61. The van der Waals surface area contributed by atoms with Gasteiger partial charge in [0.15, 0.2) is 0 Å². The van der Waals surface area contributed by atoms with Gasteiger partial charge in [0.2, 0.25) is 5.91 Å². The highest BCUT2D eigenvalue weighted by molar-refractivity contribution is 5.76. The van der Waals surface area contributed by atoms with Crippen LogP contribution in [-0.2, 0) is 20.7 Å².